The molecule has 7 heteroatoms. The number of benzene rings is 3. The Morgan fingerprint density at radius 1 is 0.842 bits per heavy atom. The summed E-state index contributed by atoms with van der Waals surface area (Å²) in [5.74, 6) is 1.62. The molecule has 1 aliphatic heterocycles. The highest BCUT2D eigenvalue weighted by Gasteiger charge is 2.42. The quantitative estimate of drug-likeness (QED) is 0.207. The fourth-order valence-electron chi connectivity index (χ4n) is 4.88. The highest BCUT2D eigenvalue weighted by atomic mass is 79.9. The SMILES string of the molecule is Cc1ccccc1Oc1ccc(N2C(=S)N[C@H](c3ccccn3)[C@H]2c2cccn2-c2ccc(Br)cc2)cc1. The molecule has 0 amide bonds. The van der Waals surface area contributed by atoms with E-state index >= 15 is 0 Å². The van der Waals surface area contributed by atoms with Gasteiger partial charge in [-0.2, -0.15) is 0 Å². The number of ether oxygens (including phenoxy) is 1. The van der Waals surface area contributed by atoms with Crippen LogP contribution in [0.4, 0.5) is 5.69 Å². The maximum Gasteiger partial charge on any atom is 0.174 e. The van der Waals surface area contributed by atoms with Crippen LogP contribution in [0.2, 0.25) is 0 Å². The largest absolute Gasteiger partial charge is 0.457 e. The number of thiocarbonyl (C=S) groups is 1. The van der Waals surface area contributed by atoms with Gasteiger partial charge >= 0.3 is 0 Å². The fourth-order valence-corrected chi connectivity index (χ4v) is 5.49. The van der Waals surface area contributed by atoms with Gasteiger partial charge in [-0.25, -0.2) is 0 Å². The number of hydrogen-bond acceptors (Lipinski definition) is 3. The van der Waals surface area contributed by atoms with Gasteiger partial charge in [0.2, 0.25) is 0 Å². The smallest absolute Gasteiger partial charge is 0.174 e. The van der Waals surface area contributed by atoms with Crippen molar-refractivity contribution in [1.82, 2.24) is 14.9 Å². The fraction of sp³-hybridized carbons (Fsp3) is 0.0968. The number of halogens is 1. The van der Waals surface area contributed by atoms with Crippen molar-refractivity contribution in [3.63, 3.8) is 0 Å². The van der Waals surface area contributed by atoms with E-state index in [9.17, 15) is 0 Å². The van der Waals surface area contributed by atoms with E-state index < -0.39 is 0 Å². The van der Waals surface area contributed by atoms with E-state index in [2.05, 4.69) is 90.4 Å². The van der Waals surface area contributed by atoms with Crippen molar-refractivity contribution in [3.8, 4) is 17.2 Å². The predicted octanol–water partition coefficient (Wildman–Crippen LogP) is 7.91. The lowest BCUT2D eigenvalue weighted by Gasteiger charge is -2.29. The zero-order valence-electron chi connectivity index (χ0n) is 20.7. The van der Waals surface area contributed by atoms with Crippen molar-refractivity contribution in [2.24, 2.45) is 0 Å². The Morgan fingerprint density at radius 2 is 1.58 bits per heavy atom. The van der Waals surface area contributed by atoms with Crippen molar-refractivity contribution < 1.29 is 4.74 Å². The van der Waals surface area contributed by atoms with E-state index in [-0.39, 0.29) is 12.1 Å². The highest BCUT2D eigenvalue weighted by molar-refractivity contribution is 9.10. The van der Waals surface area contributed by atoms with E-state index in [1.807, 2.05) is 67.7 Å². The first-order valence-electron chi connectivity index (χ1n) is 12.4. The number of aryl methyl sites for hydroxylation is 1. The van der Waals surface area contributed by atoms with Crippen LogP contribution in [0.3, 0.4) is 0 Å². The Labute approximate surface area is 235 Å². The molecule has 0 radical (unpaired) electrons. The third kappa shape index (κ3) is 4.71. The molecule has 0 spiro atoms. The number of nitrogens with one attached hydrogen (secondary N) is 1. The summed E-state index contributed by atoms with van der Waals surface area (Å²) in [6.45, 7) is 2.04. The molecular weight excluding hydrogens is 556 g/mol. The zero-order valence-corrected chi connectivity index (χ0v) is 23.1. The van der Waals surface area contributed by atoms with E-state index in [1.165, 1.54) is 0 Å². The molecule has 2 aromatic heterocycles. The lowest BCUT2D eigenvalue weighted by atomic mass is 10.0. The number of hydrogen-bond donors (Lipinski definition) is 1. The molecule has 0 aliphatic carbocycles. The molecule has 5 aromatic rings. The summed E-state index contributed by atoms with van der Waals surface area (Å²) in [6, 6.07) is 34.4. The molecule has 3 aromatic carbocycles. The van der Waals surface area contributed by atoms with Crippen molar-refractivity contribution in [2.75, 3.05) is 4.90 Å². The van der Waals surface area contributed by atoms with E-state index in [0.717, 1.165) is 44.3 Å². The van der Waals surface area contributed by atoms with Gasteiger partial charge in [0.25, 0.3) is 0 Å². The molecular formula is C31H25BrN4OS. The molecule has 38 heavy (non-hydrogen) atoms. The van der Waals surface area contributed by atoms with Crippen molar-refractivity contribution in [3.05, 3.63) is 137 Å². The number of anilines is 1. The summed E-state index contributed by atoms with van der Waals surface area (Å²) < 4.78 is 9.40. The van der Waals surface area contributed by atoms with E-state index in [4.69, 9.17) is 17.0 Å². The topological polar surface area (TPSA) is 42.3 Å². The normalized spacial score (nSPS) is 16.9. The zero-order chi connectivity index (χ0) is 26.1. The first-order chi connectivity index (χ1) is 18.6. The summed E-state index contributed by atoms with van der Waals surface area (Å²) in [4.78, 5) is 6.86. The van der Waals surface area contributed by atoms with Gasteiger partial charge < -0.3 is 19.5 Å². The molecule has 2 atom stereocenters. The van der Waals surface area contributed by atoms with Gasteiger partial charge in [0.15, 0.2) is 5.11 Å². The number of pyridine rings is 1. The second-order valence-electron chi connectivity index (χ2n) is 9.14. The molecule has 1 N–H and O–H groups in total. The maximum atomic E-state index is 6.14. The summed E-state index contributed by atoms with van der Waals surface area (Å²) >= 11 is 9.47. The van der Waals surface area contributed by atoms with Crippen LogP contribution >= 0.6 is 28.1 Å². The minimum Gasteiger partial charge on any atom is -0.457 e. The summed E-state index contributed by atoms with van der Waals surface area (Å²) in [5, 5.41) is 4.20. The Hall–Kier alpha value is -3.94. The van der Waals surface area contributed by atoms with Gasteiger partial charge in [-0.05, 0) is 104 Å². The molecule has 0 saturated carbocycles. The molecule has 1 saturated heterocycles. The lowest BCUT2D eigenvalue weighted by Crippen LogP contribution is -2.30. The summed E-state index contributed by atoms with van der Waals surface area (Å²) in [7, 11) is 0. The first kappa shape index (κ1) is 24.4. The van der Waals surface area contributed by atoms with Crippen LogP contribution in [0, 0.1) is 6.92 Å². The molecule has 0 bridgehead atoms. The molecule has 6 rings (SSSR count). The Bertz CT molecular complexity index is 1570. The highest BCUT2D eigenvalue weighted by Crippen LogP contribution is 2.42. The number of aromatic nitrogens is 2. The van der Waals surface area contributed by atoms with Crippen LogP contribution in [0.15, 0.2) is 120 Å². The van der Waals surface area contributed by atoms with Crippen LogP contribution < -0.4 is 15.0 Å². The van der Waals surface area contributed by atoms with Gasteiger partial charge in [0.1, 0.15) is 17.5 Å². The van der Waals surface area contributed by atoms with Crippen LogP contribution in [-0.2, 0) is 0 Å². The Balaban J connectivity index is 1.40. The molecule has 5 nitrogen and oxygen atoms in total. The standard InChI is InChI=1S/C31H25BrN4OS/c1-21-7-2-3-10-28(21)37-25-17-15-24(16-18-25)36-30(29(34-31(36)38)26-8-4-5-19-33-26)27-9-6-20-35(27)23-13-11-22(32)12-14-23/h2-20,29-30H,1H3,(H,34,38)/t29-,30-/m1/s1. The Kier molecular flexibility index (Phi) is 6.70. The van der Waals surface area contributed by atoms with Gasteiger partial charge in [0.05, 0.1) is 11.7 Å². The lowest BCUT2D eigenvalue weighted by molar-refractivity contribution is 0.479. The van der Waals surface area contributed by atoms with Gasteiger partial charge in [0, 0.05) is 33.9 Å². The third-order valence-electron chi connectivity index (χ3n) is 6.72. The number of nitrogens with zero attached hydrogens (tertiary/aromatic N) is 3. The molecule has 1 fully saturated rings. The molecule has 188 valence electrons. The molecule has 3 heterocycles. The van der Waals surface area contributed by atoms with Crippen LogP contribution in [0.25, 0.3) is 5.69 Å². The van der Waals surface area contributed by atoms with Gasteiger partial charge in [-0.1, -0.05) is 40.2 Å². The summed E-state index contributed by atoms with van der Waals surface area (Å²) in [5.41, 5.74) is 5.19. The van der Waals surface area contributed by atoms with Crippen LogP contribution in [0.5, 0.6) is 11.5 Å². The van der Waals surface area contributed by atoms with Crippen molar-refractivity contribution >= 4 is 38.9 Å². The average Bonchev–Trinajstić information content (AvgIpc) is 3.56. The maximum absolute atomic E-state index is 6.14. The summed E-state index contributed by atoms with van der Waals surface area (Å²) in [6.07, 6.45) is 3.91. The first-order valence-corrected chi connectivity index (χ1v) is 13.6. The monoisotopic (exact) mass is 580 g/mol. The number of para-hydroxylation sites is 1. The second kappa shape index (κ2) is 10.4. The van der Waals surface area contributed by atoms with Gasteiger partial charge in [-0.3, -0.25) is 4.98 Å². The minimum atomic E-state index is -0.129. The average molecular weight is 582 g/mol. The van der Waals surface area contributed by atoms with Crippen LogP contribution in [0.1, 0.15) is 29.0 Å². The molecule has 1 aliphatic rings. The predicted molar refractivity (Wildman–Crippen MR) is 159 cm³/mol. The second-order valence-corrected chi connectivity index (χ2v) is 10.4. The van der Waals surface area contributed by atoms with Crippen LogP contribution in [-0.4, -0.2) is 14.7 Å². The Morgan fingerprint density at radius 3 is 2.32 bits per heavy atom. The van der Waals surface area contributed by atoms with Crippen molar-refractivity contribution in [1.29, 1.82) is 0 Å². The van der Waals surface area contributed by atoms with E-state index in [1.54, 1.807) is 0 Å². The van der Waals surface area contributed by atoms with E-state index in [0.29, 0.717) is 5.11 Å². The third-order valence-corrected chi connectivity index (χ3v) is 7.57. The minimum absolute atomic E-state index is 0.126. The number of rotatable bonds is 6. The van der Waals surface area contributed by atoms with Crippen molar-refractivity contribution in [2.45, 2.75) is 19.0 Å². The van der Waals surface area contributed by atoms with Gasteiger partial charge in [-0.15, -0.1) is 0 Å². The molecule has 0 unspecified atom stereocenters.